The second kappa shape index (κ2) is 9.27. The molecule has 0 spiro atoms. The van der Waals surface area contributed by atoms with E-state index in [4.69, 9.17) is 4.12 Å². The third-order valence-corrected chi connectivity index (χ3v) is 1.85. The first-order valence-corrected chi connectivity index (χ1v) is 3.72. The van der Waals surface area contributed by atoms with Crippen molar-refractivity contribution in [3.05, 3.63) is 12.3 Å². The Balaban J connectivity index is 0. The molecule has 0 saturated heterocycles. The molecule has 1 nitrogen and oxygen atoms in total. The van der Waals surface area contributed by atoms with Crippen LogP contribution in [0.2, 0.25) is 0 Å². The van der Waals surface area contributed by atoms with Crippen LogP contribution in [0.3, 0.4) is 0 Å². The van der Waals surface area contributed by atoms with Crippen LogP contribution in [-0.4, -0.2) is 20.2 Å². The summed E-state index contributed by atoms with van der Waals surface area (Å²) in [7, 11) is 0.647. The molecular formula is C2H8OPtSi2. The summed E-state index contributed by atoms with van der Waals surface area (Å²) in [4.78, 5) is 0. The zero-order chi connectivity index (χ0) is 4.12. The van der Waals surface area contributed by atoms with Crippen LogP contribution in [-0.2, 0) is 25.2 Å². The Bertz CT molecular complexity index is 32.7. The van der Waals surface area contributed by atoms with E-state index < -0.39 is 0 Å². The van der Waals surface area contributed by atoms with Gasteiger partial charge in [0.05, 0.1) is 0 Å². The van der Waals surface area contributed by atoms with Crippen LogP contribution in [0.1, 0.15) is 0 Å². The standard InChI is InChI=1S/C2H8OSi2.Pt/c1-2-5-3-4;/h2H,1,5H2,4H3;. The third kappa shape index (κ3) is 8.84. The van der Waals surface area contributed by atoms with Crippen molar-refractivity contribution in [2.75, 3.05) is 0 Å². The zero-order valence-electron chi connectivity index (χ0n) is 3.72. The Labute approximate surface area is 57.9 Å². The molecule has 0 bridgehead atoms. The maximum atomic E-state index is 4.85. The minimum absolute atomic E-state index is 0. The molecule has 0 aromatic carbocycles. The van der Waals surface area contributed by atoms with Crippen LogP contribution in [0.5, 0.6) is 0 Å². The summed E-state index contributed by atoms with van der Waals surface area (Å²) >= 11 is 0. The van der Waals surface area contributed by atoms with Gasteiger partial charge in [0.25, 0.3) is 0 Å². The van der Waals surface area contributed by atoms with E-state index in [0.717, 1.165) is 10.5 Å². The van der Waals surface area contributed by atoms with Crippen molar-refractivity contribution in [1.82, 2.24) is 0 Å². The van der Waals surface area contributed by atoms with Crippen molar-refractivity contribution in [1.29, 1.82) is 0 Å². The molecule has 0 aliphatic heterocycles. The molecule has 0 fully saturated rings. The largest absolute Gasteiger partial charge is 0.465 e. The summed E-state index contributed by atoms with van der Waals surface area (Å²) in [5.41, 5.74) is 1.88. The SMILES string of the molecule is C=C[SiH2]O[SiH3].[Pt]. The minimum Gasteiger partial charge on any atom is -0.465 e. The molecule has 0 amide bonds. The fourth-order valence-electron chi connectivity index (χ4n) is 0.118. The van der Waals surface area contributed by atoms with Gasteiger partial charge in [-0.05, 0) is 0 Å². The van der Waals surface area contributed by atoms with Gasteiger partial charge in [-0.25, -0.2) is 0 Å². The third-order valence-electron chi connectivity index (χ3n) is 0.285. The first-order chi connectivity index (χ1) is 2.41. The molecule has 0 radical (unpaired) electrons. The second-order valence-electron chi connectivity index (χ2n) is 0.744. The minimum atomic E-state index is -0.242. The summed E-state index contributed by atoms with van der Waals surface area (Å²) in [6, 6.07) is 0. The summed E-state index contributed by atoms with van der Waals surface area (Å²) in [6.07, 6.45) is 0. The molecule has 0 heterocycles. The molecule has 0 aliphatic carbocycles. The van der Waals surface area contributed by atoms with Gasteiger partial charge < -0.3 is 4.12 Å². The van der Waals surface area contributed by atoms with Gasteiger partial charge in [-0.3, -0.25) is 0 Å². The van der Waals surface area contributed by atoms with E-state index in [-0.39, 0.29) is 30.8 Å². The van der Waals surface area contributed by atoms with E-state index in [9.17, 15) is 0 Å². The Morgan fingerprint density at radius 1 is 1.83 bits per heavy atom. The molecule has 0 saturated carbocycles. The van der Waals surface area contributed by atoms with Gasteiger partial charge in [0.1, 0.15) is 10.5 Å². The van der Waals surface area contributed by atoms with Crippen molar-refractivity contribution in [3.8, 4) is 0 Å². The molecule has 0 atom stereocenters. The summed E-state index contributed by atoms with van der Waals surface area (Å²) in [6.45, 7) is 3.51. The van der Waals surface area contributed by atoms with E-state index in [1.807, 2.05) is 5.70 Å². The normalized spacial score (nSPS) is 8.67. The molecule has 0 N–H and O–H groups in total. The van der Waals surface area contributed by atoms with Crippen LogP contribution in [0, 0.1) is 0 Å². The maximum absolute atomic E-state index is 4.85. The fourth-order valence-corrected chi connectivity index (χ4v) is 1.06. The van der Waals surface area contributed by atoms with Crippen LogP contribution in [0.15, 0.2) is 12.3 Å². The van der Waals surface area contributed by atoms with Crippen molar-refractivity contribution in [3.63, 3.8) is 0 Å². The molecule has 0 aromatic heterocycles. The smallest absolute Gasteiger partial charge is 0.170 e. The van der Waals surface area contributed by atoms with E-state index in [1.165, 1.54) is 0 Å². The summed E-state index contributed by atoms with van der Waals surface area (Å²) < 4.78 is 4.85. The van der Waals surface area contributed by atoms with Crippen molar-refractivity contribution < 1.29 is 25.2 Å². The molecule has 6 heavy (non-hydrogen) atoms. The quantitative estimate of drug-likeness (QED) is 0.565. The predicted octanol–water partition coefficient (Wildman–Crippen LogP) is -1.49. The maximum Gasteiger partial charge on any atom is 0.170 e. The molecule has 0 aromatic rings. The summed E-state index contributed by atoms with van der Waals surface area (Å²) in [5, 5.41) is 0. The van der Waals surface area contributed by atoms with E-state index >= 15 is 0 Å². The zero-order valence-corrected chi connectivity index (χ0v) is 9.40. The van der Waals surface area contributed by atoms with Gasteiger partial charge in [0.2, 0.25) is 0 Å². The molecule has 0 rings (SSSR count). The second-order valence-corrected chi connectivity index (χ2v) is 3.96. The predicted molar refractivity (Wildman–Crippen MR) is 29.8 cm³/mol. The molecule has 0 unspecified atom stereocenters. The van der Waals surface area contributed by atoms with Gasteiger partial charge >= 0.3 is 0 Å². The molecule has 40 valence electrons. The van der Waals surface area contributed by atoms with Gasteiger partial charge in [-0.2, -0.15) is 0 Å². The van der Waals surface area contributed by atoms with Crippen LogP contribution < -0.4 is 0 Å². The Morgan fingerprint density at radius 2 is 2.33 bits per heavy atom. The average molecular weight is 299 g/mol. The molecular weight excluding hydrogens is 291 g/mol. The number of rotatable bonds is 2. The summed E-state index contributed by atoms with van der Waals surface area (Å²) in [5.74, 6) is 0. The van der Waals surface area contributed by atoms with Crippen molar-refractivity contribution in [2.24, 2.45) is 0 Å². The number of hydrogen-bond acceptors (Lipinski definition) is 1. The first-order valence-electron chi connectivity index (χ1n) is 1.51. The van der Waals surface area contributed by atoms with Gasteiger partial charge in [0.15, 0.2) is 9.76 Å². The van der Waals surface area contributed by atoms with Crippen LogP contribution >= 0.6 is 0 Å². The topological polar surface area (TPSA) is 9.23 Å². The van der Waals surface area contributed by atoms with Crippen molar-refractivity contribution in [2.45, 2.75) is 0 Å². The van der Waals surface area contributed by atoms with Gasteiger partial charge in [0, 0.05) is 21.1 Å². The van der Waals surface area contributed by atoms with Gasteiger partial charge in [-0.15, -0.1) is 6.58 Å². The van der Waals surface area contributed by atoms with E-state index in [0.29, 0.717) is 0 Å². The van der Waals surface area contributed by atoms with Crippen LogP contribution in [0.25, 0.3) is 0 Å². The van der Waals surface area contributed by atoms with Crippen molar-refractivity contribution >= 4 is 20.2 Å². The van der Waals surface area contributed by atoms with E-state index in [2.05, 4.69) is 6.58 Å². The molecule has 4 heteroatoms. The fraction of sp³-hybridized carbons (Fsp3) is 0. The Kier molecular flexibility index (Phi) is 15.4. The monoisotopic (exact) mass is 299 g/mol. The average Bonchev–Trinajstić information content (AvgIpc) is 1.41. The molecule has 0 aliphatic rings. The van der Waals surface area contributed by atoms with E-state index in [1.54, 1.807) is 0 Å². The Hall–Kier alpha value is 0.822. The Morgan fingerprint density at radius 3 is 2.33 bits per heavy atom. The van der Waals surface area contributed by atoms with Crippen LogP contribution in [0.4, 0.5) is 0 Å². The first kappa shape index (κ1) is 9.94. The van der Waals surface area contributed by atoms with Gasteiger partial charge in [-0.1, -0.05) is 5.70 Å². The number of hydrogen-bond donors (Lipinski definition) is 0.